The maximum Gasteiger partial charge on any atom is 0.390 e. The monoisotopic (exact) mass is 215 g/mol. The van der Waals surface area contributed by atoms with Crippen molar-refractivity contribution in [1.82, 2.24) is 4.90 Å². The molecule has 0 aromatic heterocycles. The lowest BCUT2D eigenvalue weighted by molar-refractivity contribution is -0.137. The van der Waals surface area contributed by atoms with Crippen molar-refractivity contribution >= 4 is 12.6 Å². The highest BCUT2D eigenvalue weighted by Crippen LogP contribution is 2.19. The average molecular weight is 215 g/mol. The fraction of sp³-hybridized carbons (Fsp3) is 1.00. The van der Waals surface area contributed by atoms with Gasteiger partial charge in [0.25, 0.3) is 0 Å². The molecular weight excluding hydrogens is 199 g/mol. The predicted molar refractivity (Wildman–Crippen MR) is 51.3 cm³/mol. The second-order valence-corrected chi connectivity index (χ2v) is 3.55. The van der Waals surface area contributed by atoms with Crippen LogP contribution in [0.2, 0.25) is 0 Å². The summed E-state index contributed by atoms with van der Waals surface area (Å²) in [5.74, 6) is 0.799. The zero-order valence-electron chi connectivity index (χ0n) is 7.77. The minimum atomic E-state index is -4.03. The molecule has 0 unspecified atom stereocenters. The van der Waals surface area contributed by atoms with E-state index in [0.717, 1.165) is 25.1 Å². The molecule has 5 heteroatoms. The standard InChI is InChI=1S/C8H16F3NS/c1-12(5-2-3-7-13)6-4-8(9,10)11/h13H,2-7H2,1H3. The Balaban J connectivity index is 3.35. The Bertz CT molecular complexity index is 127. The molecule has 13 heavy (non-hydrogen) atoms. The molecule has 0 N–H and O–H groups in total. The lowest BCUT2D eigenvalue weighted by Gasteiger charge is -2.17. The number of thiol groups is 1. The van der Waals surface area contributed by atoms with E-state index in [1.54, 1.807) is 11.9 Å². The van der Waals surface area contributed by atoms with Gasteiger partial charge in [0.2, 0.25) is 0 Å². The van der Waals surface area contributed by atoms with E-state index in [-0.39, 0.29) is 6.54 Å². The maximum absolute atomic E-state index is 11.8. The lowest BCUT2D eigenvalue weighted by Crippen LogP contribution is -2.25. The van der Waals surface area contributed by atoms with Crippen LogP contribution in [0.25, 0.3) is 0 Å². The predicted octanol–water partition coefficient (Wildman–Crippen LogP) is 2.58. The van der Waals surface area contributed by atoms with E-state index in [4.69, 9.17) is 0 Å². The summed E-state index contributed by atoms with van der Waals surface area (Å²) in [6.45, 7) is 0.812. The minimum absolute atomic E-state index is 0.0933. The van der Waals surface area contributed by atoms with Crippen LogP contribution in [0.4, 0.5) is 13.2 Å². The van der Waals surface area contributed by atoms with Gasteiger partial charge >= 0.3 is 6.18 Å². The summed E-state index contributed by atoms with van der Waals surface area (Å²) in [5.41, 5.74) is 0. The van der Waals surface area contributed by atoms with Gasteiger partial charge < -0.3 is 4.90 Å². The minimum Gasteiger partial charge on any atom is -0.306 e. The van der Waals surface area contributed by atoms with Crippen molar-refractivity contribution in [3.05, 3.63) is 0 Å². The highest BCUT2D eigenvalue weighted by Gasteiger charge is 2.26. The normalized spacial score (nSPS) is 12.5. The quantitative estimate of drug-likeness (QED) is 0.526. The van der Waals surface area contributed by atoms with Gasteiger partial charge in [-0.3, -0.25) is 0 Å². The molecule has 0 aromatic rings. The van der Waals surface area contributed by atoms with E-state index in [9.17, 15) is 13.2 Å². The number of hydrogen-bond donors (Lipinski definition) is 1. The van der Waals surface area contributed by atoms with Crippen molar-refractivity contribution in [1.29, 1.82) is 0 Å². The average Bonchev–Trinajstić information content (AvgIpc) is 2.00. The first-order valence-electron chi connectivity index (χ1n) is 4.32. The van der Waals surface area contributed by atoms with Crippen LogP contribution in [-0.2, 0) is 0 Å². The van der Waals surface area contributed by atoms with Crippen molar-refractivity contribution < 1.29 is 13.2 Å². The summed E-state index contributed by atoms with van der Waals surface area (Å²) >= 11 is 4.02. The summed E-state index contributed by atoms with van der Waals surface area (Å²) < 4.78 is 35.3. The molecule has 0 aliphatic heterocycles. The van der Waals surface area contributed by atoms with Crippen molar-refractivity contribution in [2.45, 2.75) is 25.4 Å². The highest BCUT2D eigenvalue weighted by atomic mass is 32.1. The molecule has 0 heterocycles. The van der Waals surface area contributed by atoms with Gasteiger partial charge in [-0.15, -0.1) is 0 Å². The van der Waals surface area contributed by atoms with Crippen LogP contribution in [0.3, 0.4) is 0 Å². The summed E-state index contributed by atoms with van der Waals surface area (Å²) in [7, 11) is 1.71. The van der Waals surface area contributed by atoms with Crippen LogP contribution >= 0.6 is 12.6 Å². The zero-order valence-corrected chi connectivity index (χ0v) is 8.67. The van der Waals surface area contributed by atoms with E-state index >= 15 is 0 Å². The first-order chi connectivity index (χ1) is 5.95. The number of rotatable bonds is 6. The van der Waals surface area contributed by atoms with Crippen LogP contribution in [0, 0.1) is 0 Å². The van der Waals surface area contributed by atoms with Gasteiger partial charge in [0.05, 0.1) is 6.42 Å². The van der Waals surface area contributed by atoms with E-state index in [1.807, 2.05) is 0 Å². The number of nitrogens with zero attached hydrogens (tertiary/aromatic N) is 1. The molecule has 0 aliphatic rings. The van der Waals surface area contributed by atoms with Crippen molar-refractivity contribution in [2.24, 2.45) is 0 Å². The molecule has 0 spiro atoms. The highest BCUT2D eigenvalue weighted by molar-refractivity contribution is 7.80. The van der Waals surface area contributed by atoms with Gasteiger partial charge in [0.15, 0.2) is 0 Å². The second-order valence-electron chi connectivity index (χ2n) is 3.10. The van der Waals surface area contributed by atoms with Gasteiger partial charge in [-0.1, -0.05) is 0 Å². The molecule has 0 radical (unpaired) electrons. The molecule has 0 bridgehead atoms. The third-order valence-corrected chi connectivity index (χ3v) is 2.04. The zero-order chi connectivity index (χ0) is 10.3. The third-order valence-electron chi connectivity index (χ3n) is 1.72. The first kappa shape index (κ1) is 13.1. The molecular formula is C8H16F3NS. The maximum atomic E-state index is 11.8. The summed E-state index contributed by atoms with van der Waals surface area (Å²) in [6.07, 6.45) is -2.88. The molecule has 0 saturated heterocycles. The topological polar surface area (TPSA) is 3.24 Å². The van der Waals surface area contributed by atoms with Crippen molar-refractivity contribution in [3.8, 4) is 0 Å². The molecule has 0 rings (SSSR count). The fourth-order valence-corrected chi connectivity index (χ4v) is 1.15. The van der Waals surface area contributed by atoms with Crippen LogP contribution in [0.15, 0.2) is 0 Å². The third kappa shape index (κ3) is 10.0. The summed E-state index contributed by atoms with van der Waals surface area (Å²) in [4.78, 5) is 1.71. The van der Waals surface area contributed by atoms with Crippen LogP contribution in [0.5, 0.6) is 0 Å². The van der Waals surface area contributed by atoms with Crippen LogP contribution < -0.4 is 0 Å². The largest absolute Gasteiger partial charge is 0.390 e. The van der Waals surface area contributed by atoms with Crippen molar-refractivity contribution in [2.75, 3.05) is 25.9 Å². The van der Waals surface area contributed by atoms with E-state index in [0.29, 0.717) is 0 Å². The number of unbranched alkanes of at least 4 members (excludes halogenated alkanes) is 1. The molecule has 0 aromatic carbocycles. The van der Waals surface area contributed by atoms with E-state index in [1.165, 1.54) is 0 Å². The molecule has 0 atom stereocenters. The van der Waals surface area contributed by atoms with Gasteiger partial charge in [-0.05, 0) is 32.2 Å². The lowest BCUT2D eigenvalue weighted by atomic mass is 10.3. The first-order valence-corrected chi connectivity index (χ1v) is 4.95. The Labute approximate surface area is 82.7 Å². The molecule has 0 amide bonds. The van der Waals surface area contributed by atoms with E-state index < -0.39 is 12.6 Å². The Morgan fingerprint density at radius 3 is 2.23 bits per heavy atom. The summed E-state index contributed by atoms with van der Waals surface area (Å²) in [6, 6.07) is 0. The SMILES string of the molecule is CN(CCCCS)CCC(F)(F)F. The van der Waals surface area contributed by atoms with E-state index in [2.05, 4.69) is 12.6 Å². The number of alkyl halides is 3. The Kier molecular flexibility index (Phi) is 6.59. The van der Waals surface area contributed by atoms with Gasteiger partial charge in [0, 0.05) is 6.54 Å². The van der Waals surface area contributed by atoms with Crippen molar-refractivity contribution in [3.63, 3.8) is 0 Å². The molecule has 0 fully saturated rings. The number of halogens is 3. The Morgan fingerprint density at radius 1 is 1.15 bits per heavy atom. The van der Waals surface area contributed by atoms with Crippen LogP contribution in [-0.4, -0.2) is 37.0 Å². The number of hydrogen-bond acceptors (Lipinski definition) is 2. The van der Waals surface area contributed by atoms with Gasteiger partial charge in [0.1, 0.15) is 0 Å². The molecule has 80 valence electrons. The van der Waals surface area contributed by atoms with Crippen LogP contribution in [0.1, 0.15) is 19.3 Å². The molecule has 0 aliphatic carbocycles. The van der Waals surface area contributed by atoms with Gasteiger partial charge in [-0.25, -0.2) is 0 Å². The Morgan fingerprint density at radius 2 is 1.77 bits per heavy atom. The molecule has 1 nitrogen and oxygen atoms in total. The molecule has 0 saturated carbocycles. The fourth-order valence-electron chi connectivity index (χ4n) is 0.923. The second kappa shape index (κ2) is 6.54. The summed E-state index contributed by atoms with van der Waals surface area (Å²) in [5, 5.41) is 0. The van der Waals surface area contributed by atoms with Gasteiger partial charge in [-0.2, -0.15) is 25.8 Å². The smallest absolute Gasteiger partial charge is 0.306 e. The Hall–Kier alpha value is 0.100.